The summed E-state index contributed by atoms with van der Waals surface area (Å²) in [5.41, 5.74) is -0.342. The maximum Gasteiger partial charge on any atom is 0.416 e. The number of rotatable bonds is 6. The molecule has 0 aromatic heterocycles. The molecule has 0 aliphatic carbocycles. The van der Waals surface area contributed by atoms with E-state index in [4.69, 9.17) is 16.8 Å². The van der Waals surface area contributed by atoms with Crippen LogP contribution >= 0.6 is 12.2 Å². The van der Waals surface area contributed by atoms with Crippen molar-refractivity contribution in [2.75, 3.05) is 17.6 Å². The molecule has 0 spiro atoms. The molecule has 0 atom stereocenters. The third-order valence-corrected chi connectivity index (χ3v) is 3.64. The van der Waals surface area contributed by atoms with Gasteiger partial charge in [0.2, 0.25) is 0 Å². The molecule has 5 nitrogen and oxygen atoms in total. The Morgan fingerprint density at radius 1 is 1.18 bits per heavy atom. The van der Waals surface area contributed by atoms with Gasteiger partial charge < -0.3 is 10.6 Å². The second-order valence-electron chi connectivity index (χ2n) is 4.45. The van der Waals surface area contributed by atoms with E-state index in [1.165, 1.54) is 12.1 Å². The van der Waals surface area contributed by atoms with Gasteiger partial charge in [-0.15, -0.1) is 0 Å². The number of hydrogen-bond acceptors (Lipinski definition) is 3. The predicted molar refractivity (Wildman–Crippen MR) is 81.3 cm³/mol. The lowest BCUT2D eigenvalue weighted by atomic mass is 10.2. The molecule has 0 heterocycles. The molecule has 124 valence electrons. The van der Waals surface area contributed by atoms with E-state index in [1.807, 2.05) is 0 Å². The monoisotopic (exact) mass is 356 g/mol. The quantitative estimate of drug-likeness (QED) is 0.413. The van der Waals surface area contributed by atoms with Crippen LogP contribution in [0.1, 0.15) is 18.4 Å². The minimum atomic E-state index is -4.38. The van der Waals surface area contributed by atoms with Gasteiger partial charge in [0.1, 0.15) is 0 Å². The summed E-state index contributed by atoms with van der Waals surface area (Å²) < 4.78 is 66.7. The van der Waals surface area contributed by atoms with Crippen LogP contribution in [0.15, 0.2) is 24.3 Å². The summed E-state index contributed by atoms with van der Waals surface area (Å²) in [5.74, 6) is -0.326. The molecule has 0 fully saturated rings. The molecule has 0 amide bonds. The van der Waals surface area contributed by atoms with Crippen molar-refractivity contribution in [2.24, 2.45) is 0 Å². The van der Waals surface area contributed by atoms with Crippen LogP contribution in [0.3, 0.4) is 0 Å². The Morgan fingerprint density at radius 3 is 2.27 bits per heavy atom. The van der Waals surface area contributed by atoms with Crippen LogP contribution in [0.25, 0.3) is 0 Å². The van der Waals surface area contributed by atoms with E-state index in [-0.39, 0.29) is 17.3 Å². The molecule has 1 aromatic rings. The Labute approximate surface area is 131 Å². The number of anilines is 1. The lowest BCUT2D eigenvalue weighted by Crippen LogP contribution is -2.29. The van der Waals surface area contributed by atoms with Crippen LogP contribution in [0.4, 0.5) is 18.9 Å². The van der Waals surface area contributed by atoms with Crippen molar-refractivity contribution in [1.82, 2.24) is 5.32 Å². The van der Waals surface area contributed by atoms with Crippen LogP contribution in [0.2, 0.25) is 0 Å². The molecule has 0 saturated heterocycles. The van der Waals surface area contributed by atoms with Crippen LogP contribution in [-0.2, 0) is 16.3 Å². The second-order valence-corrected chi connectivity index (χ2v) is 6.43. The van der Waals surface area contributed by atoms with Crippen molar-refractivity contribution in [1.29, 1.82) is 0 Å². The molecular weight excluding hydrogens is 341 g/mol. The summed E-state index contributed by atoms with van der Waals surface area (Å²) in [6.45, 7) is 0.377. The van der Waals surface area contributed by atoms with Gasteiger partial charge in [-0.3, -0.25) is 4.55 Å². The highest BCUT2D eigenvalue weighted by atomic mass is 32.2. The first-order chi connectivity index (χ1) is 10.1. The van der Waals surface area contributed by atoms with E-state index in [0.717, 1.165) is 12.1 Å². The number of hydrogen-bond donors (Lipinski definition) is 3. The number of thiocarbonyl (C=S) groups is 1. The molecule has 0 aliphatic rings. The lowest BCUT2D eigenvalue weighted by Gasteiger charge is -2.11. The topological polar surface area (TPSA) is 78.4 Å². The highest BCUT2D eigenvalue weighted by Gasteiger charge is 2.29. The molecule has 1 aromatic carbocycles. The van der Waals surface area contributed by atoms with Crippen LogP contribution in [-0.4, -0.2) is 30.4 Å². The number of nitrogens with one attached hydrogen (secondary N) is 2. The number of alkyl halides is 3. The first-order valence-electron chi connectivity index (χ1n) is 6.25. The first-order valence-corrected chi connectivity index (χ1v) is 8.27. The molecule has 1 rings (SSSR count). The molecule has 0 saturated carbocycles. The Kier molecular flexibility index (Phi) is 6.57. The number of halogens is 3. The van der Waals surface area contributed by atoms with Crippen LogP contribution in [0, 0.1) is 0 Å². The maximum atomic E-state index is 12.4. The Bertz CT molecular complexity index is 601. The van der Waals surface area contributed by atoms with Gasteiger partial charge in [0.05, 0.1) is 11.3 Å². The second kappa shape index (κ2) is 7.75. The predicted octanol–water partition coefficient (Wildman–Crippen LogP) is 2.66. The van der Waals surface area contributed by atoms with Gasteiger partial charge in [-0.25, -0.2) is 0 Å². The Balaban J connectivity index is 2.33. The average Bonchev–Trinajstić information content (AvgIpc) is 2.36. The summed E-state index contributed by atoms with van der Waals surface area (Å²) in [6.07, 6.45) is -3.65. The maximum absolute atomic E-state index is 12.4. The summed E-state index contributed by atoms with van der Waals surface area (Å²) in [4.78, 5) is 0. The van der Waals surface area contributed by atoms with E-state index in [0.29, 0.717) is 18.7 Å². The summed E-state index contributed by atoms with van der Waals surface area (Å²) in [6, 6.07) is 4.40. The van der Waals surface area contributed by atoms with Gasteiger partial charge in [0.25, 0.3) is 10.1 Å². The average molecular weight is 356 g/mol. The standard InChI is InChI=1S/C12H15F3N2O3S2/c13-12(14,15)9-3-5-10(6-4-9)17-11(21)16-7-1-2-8-22(18,19)20/h3-6H,1-2,7-8H2,(H2,16,17,21)(H,18,19,20). The minimum Gasteiger partial charge on any atom is -0.362 e. The number of unbranched alkanes of at least 4 members (excludes halogenated alkanes) is 1. The lowest BCUT2D eigenvalue weighted by molar-refractivity contribution is -0.137. The van der Waals surface area contributed by atoms with E-state index in [9.17, 15) is 21.6 Å². The minimum absolute atomic E-state index is 0.214. The highest BCUT2D eigenvalue weighted by Crippen LogP contribution is 2.29. The van der Waals surface area contributed by atoms with Crippen LogP contribution in [0.5, 0.6) is 0 Å². The molecule has 22 heavy (non-hydrogen) atoms. The normalized spacial score (nSPS) is 12.0. The Hall–Kier alpha value is -1.39. The molecule has 0 aliphatic heterocycles. The fraction of sp³-hybridized carbons (Fsp3) is 0.417. The van der Waals surface area contributed by atoms with Gasteiger partial charge in [-0.2, -0.15) is 21.6 Å². The Morgan fingerprint density at radius 2 is 1.77 bits per heavy atom. The van der Waals surface area contributed by atoms with Gasteiger partial charge in [-0.1, -0.05) is 0 Å². The molecule has 10 heteroatoms. The van der Waals surface area contributed by atoms with E-state index < -0.39 is 21.9 Å². The summed E-state index contributed by atoms with van der Waals surface area (Å²) in [7, 11) is -3.96. The third kappa shape index (κ3) is 7.57. The highest BCUT2D eigenvalue weighted by molar-refractivity contribution is 7.85. The fourth-order valence-electron chi connectivity index (χ4n) is 1.53. The van der Waals surface area contributed by atoms with Gasteiger partial charge in [0.15, 0.2) is 5.11 Å². The van der Waals surface area contributed by atoms with Crippen molar-refractivity contribution < 1.29 is 26.1 Å². The SMILES string of the molecule is O=S(=O)(O)CCCCNC(=S)Nc1ccc(C(F)(F)F)cc1. The van der Waals surface area contributed by atoms with Crippen molar-refractivity contribution in [2.45, 2.75) is 19.0 Å². The van der Waals surface area contributed by atoms with Crippen molar-refractivity contribution in [3.63, 3.8) is 0 Å². The molecular formula is C12H15F3N2O3S2. The zero-order valence-corrected chi connectivity index (χ0v) is 13.0. The number of benzene rings is 1. The van der Waals surface area contributed by atoms with E-state index >= 15 is 0 Å². The zero-order valence-electron chi connectivity index (χ0n) is 11.4. The van der Waals surface area contributed by atoms with Gasteiger partial charge in [0, 0.05) is 12.2 Å². The molecule has 3 N–H and O–H groups in total. The summed E-state index contributed by atoms with van der Waals surface area (Å²) in [5, 5.41) is 5.71. The smallest absolute Gasteiger partial charge is 0.362 e. The molecule has 0 bridgehead atoms. The molecule has 0 unspecified atom stereocenters. The fourth-order valence-corrected chi connectivity index (χ4v) is 2.32. The van der Waals surface area contributed by atoms with Crippen LogP contribution < -0.4 is 10.6 Å². The third-order valence-electron chi connectivity index (χ3n) is 2.58. The van der Waals surface area contributed by atoms with Gasteiger partial charge in [-0.05, 0) is 49.3 Å². The largest absolute Gasteiger partial charge is 0.416 e. The zero-order chi connectivity index (χ0) is 16.8. The molecule has 0 radical (unpaired) electrons. The van der Waals surface area contributed by atoms with E-state index in [1.54, 1.807) is 0 Å². The van der Waals surface area contributed by atoms with Crippen molar-refractivity contribution in [3.8, 4) is 0 Å². The van der Waals surface area contributed by atoms with E-state index in [2.05, 4.69) is 10.6 Å². The van der Waals surface area contributed by atoms with Crippen molar-refractivity contribution >= 4 is 33.1 Å². The summed E-state index contributed by atoms with van der Waals surface area (Å²) >= 11 is 4.95. The van der Waals surface area contributed by atoms with Gasteiger partial charge >= 0.3 is 6.18 Å². The van der Waals surface area contributed by atoms with Crippen molar-refractivity contribution in [3.05, 3.63) is 29.8 Å². The first kappa shape index (κ1) is 18.7.